The summed E-state index contributed by atoms with van der Waals surface area (Å²) in [6, 6.07) is 14.3. The molecule has 1 amide bonds. The number of rotatable bonds is 5. The molecule has 3 aromatic rings. The van der Waals surface area contributed by atoms with Gasteiger partial charge in [0, 0.05) is 31.5 Å². The van der Waals surface area contributed by atoms with Gasteiger partial charge in [-0.1, -0.05) is 39.0 Å². The minimum absolute atomic E-state index is 0.0119. The molecule has 1 heterocycles. The van der Waals surface area contributed by atoms with Gasteiger partial charge in [0.1, 0.15) is 11.5 Å². The number of carbonyl (C=O) groups excluding carboxylic acids is 2. The highest BCUT2D eigenvalue weighted by atomic mass is 19.2. The number of ketones is 1. The zero-order valence-electron chi connectivity index (χ0n) is 22.2. The molecule has 1 atom stereocenters. The van der Waals surface area contributed by atoms with E-state index < -0.39 is 35.1 Å². The van der Waals surface area contributed by atoms with Gasteiger partial charge in [0.15, 0.2) is 11.6 Å². The van der Waals surface area contributed by atoms with Crippen LogP contribution in [0, 0.1) is 11.6 Å². The number of benzene rings is 3. The summed E-state index contributed by atoms with van der Waals surface area (Å²) in [5.74, 6) is -4.26. The maximum Gasteiger partial charge on any atom is 0.300 e. The topological polar surface area (TPSA) is 70.1 Å². The van der Waals surface area contributed by atoms with Crippen molar-refractivity contribution in [2.45, 2.75) is 32.2 Å². The van der Waals surface area contributed by atoms with E-state index in [0.29, 0.717) is 11.3 Å². The Labute approximate surface area is 220 Å². The highest BCUT2D eigenvalue weighted by Gasteiger charge is 2.47. The Balaban J connectivity index is 2.00. The summed E-state index contributed by atoms with van der Waals surface area (Å²) in [5.41, 5.74) is 2.04. The van der Waals surface area contributed by atoms with E-state index in [-0.39, 0.29) is 22.2 Å². The smallest absolute Gasteiger partial charge is 0.300 e. The van der Waals surface area contributed by atoms with Gasteiger partial charge in [-0.15, -0.1) is 0 Å². The molecular formula is C30H30F2N2O4. The lowest BCUT2D eigenvalue weighted by Crippen LogP contribution is -2.29. The number of aliphatic hydroxyl groups excluding tert-OH is 1. The van der Waals surface area contributed by atoms with Gasteiger partial charge in [0.05, 0.1) is 24.3 Å². The number of ether oxygens (including phenoxy) is 1. The zero-order valence-corrected chi connectivity index (χ0v) is 22.2. The number of carbonyl (C=O) groups is 2. The summed E-state index contributed by atoms with van der Waals surface area (Å²) in [6.45, 7) is 6.02. The summed E-state index contributed by atoms with van der Waals surface area (Å²) in [5, 5.41) is 11.6. The molecule has 0 aromatic heterocycles. The first-order chi connectivity index (χ1) is 17.8. The van der Waals surface area contributed by atoms with Crippen LogP contribution < -0.4 is 14.5 Å². The van der Waals surface area contributed by atoms with E-state index >= 15 is 0 Å². The first kappa shape index (κ1) is 26.9. The van der Waals surface area contributed by atoms with Crippen molar-refractivity contribution in [3.8, 4) is 5.75 Å². The molecule has 0 bridgehead atoms. The molecule has 38 heavy (non-hydrogen) atoms. The average Bonchev–Trinajstić information content (AvgIpc) is 3.14. The highest BCUT2D eigenvalue weighted by Crippen LogP contribution is 2.44. The van der Waals surface area contributed by atoms with E-state index in [1.165, 1.54) is 13.2 Å². The molecule has 0 aliphatic carbocycles. The predicted molar refractivity (Wildman–Crippen MR) is 144 cm³/mol. The van der Waals surface area contributed by atoms with Crippen molar-refractivity contribution in [3.63, 3.8) is 0 Å². The second kappa shape index (κ2) is 9.93. The molecule has 6 nitrogen and oxygen atoms in total. The van der Waals surface area contributed by atoms with Crippen LogP contribution in [0.15, 0.2) is 66.2 Å². The van der Waals surface area contributed by atoms with Crippen molar-refractivity contribution in [3.05, 3.63) is 94.6 Å². The number of amides is 1. The number of hydrogen-bond donors (Lipinski definition) is 1. The third kappa shape index (κ3) is 4.74. The van der Waals surface area contributed by atoms with Crippen molar-refractivity contribution in [2.75, 3.05) is 31.0 Å². The molecule has 1 fully saturated rings. The molecule has 0 spiro atoms. The van der Waals surface area contributed by atoms with Gasteiger partial charge in [-0.05, 0) is 52.9 Å². The van der Waals surface area contributed by atoms with E-state index in [1.807, 2.05) is 58.0 Å². The monoisotopic (exact) mass is 520 g/mol. The van der Waals surface area contributed by atoms with Crippen LogP contribution in [0.3, 0.4) is 0 Å². The third-order valence-electron chi connectivity index (χ3n) is 6.67. The molecule has 1 aliphatic rings. The van der Waals surface area contributed by atoms with E-state index in [2.05, 4.69) is 0 Å². The van der Waals surface area contributed by atoms with Crippen LogP contribution >= 0.6 is 0 Å². The molecule has 0 radical (unpaired) electrons. The molecule has 1 unspecified atom stereocenters. The fraction of sp³-hybridized carbons (Fsp3) is 0.267. The Morgan fingerprint density at radius 1 is 0.947 bits per heavy atom. The van der Waals surface area contributed by atoms with Crippen molar-refractivity contribution >= 4 is 28.8 Å². The SMILES string of the molecule is COc1ccc(C(C)(C)C)cc1/C(O)=C1\C(=O)C(=O)N(c2ccc(F)c(F)c2)C1c1ccc(N(C)C)cc1. The largest absolute Gasteiger partial charge is 0.507 e. The van der Waals surface area contributed by atoms with Gasteiger partial charge in [-0.3, -0.25) is 14.5 Å². The minimum atomic E-state index is -1.16. The van der Waals surface area contributed by atoms with Crippen LogP contribution in [-0.4, -0.2) is 38.0 Å². The Kier molecular flexibility index (Phi) is 7.02. The molecular weight excluding hydrogens is 490 g/mol. The predicted octanol–water partition coefficient (Wildman–Crippen LogP) is 5.96. The minimum Gasteiger partial charge on any atom is -0.507 e. The Bertz CT molecular complexity index is 1440. The number of aliphatic hydroxyl groups is 1. The number of anilines is 2. The maximum absolute atomic E-state index is 14.2. The number of Topliss-reactive ketones (excluding diaryl/α,β-unsaturated/α-hetero) is 1. The summed E-state index contributed by atoms with van der Waals surface area (Å²) in [7, 11) is 5.19. The fourth-order valence-electron chi connectivity index (χ4n) is 4.51. The second-order valence-corrected chi connectivity index (χ2v) is 10.4. The number of methoxy groups -OCH3 is 1. The molecule has 1 aliphatic heterocycles. The van der Waals surface area contributed by atoms with Crippen LogP contribution in [-0.2, 0) is 15.0 Å². The Morgan fingerprint density at radius 3 is 2.16 bits per heavy atom. The number of halogens is 2. The fourth-order valence-corrected chi connectivity index (χ4v) is 4.51. The first-order valence-corrected chi connectivity index (χ1v) is 12.1. The first-order valence-electron chi connectivity index (χ1n) is 12.1. The van der Waals surface area contributed by atoms with E-state index in [1.54, 1.807) is 24.3 Å². The van der Waals surface area contributed by atoms with Crippen molar-refractivity contribution in [2.24, 2.45) is 0 Å². The molecule has 0 saturated carbocycles. The molecule has 1 N–H and O–H groups in total. The van der Waals surface area contributed by atoms with Crippen LogP contribution in [0.5, 0.6) is 5.75 Å². The zero-order chi connectivity index (χ0) is 27.9. The second-order valence-electron chi connectivity index (χ2n) is 10.4. The molecule has 4 rings (SSSR count). The van der Waals surface area contributed by atoms with E-state index in [4.69, 9.17) is 4.74 Å². The quantitative estimate of drug-likeness (QED) is 0.255. The molecule has 3 aromatic carbocycles. The molecule has 198 valence electrons. The molecule has 1 saturated heterocycles. The lowest BCUT2D eigenvalue weighted by Gasteiger charge is -2.26. The van der Waals surface area contributed by atoms with Crippen LogP contribution in [0.25, 0.3) is 5.76 Å². The van der Waals surface area contributed by atoms with Gasteiger partial charge in [0.2, 0.25) is 0 Å². The highest BCUT2D eigenvalue weighted by molar-refractivity contribution is 6.51. The standard InChI is InChI=1S/C30H30F2N2O4/c1-30(2,3)18-9-14-24(38-6)21(15-18)27(35)25-26(17-7-10-19(11-8-17)33(4)5)34(29(37)28(25)36)20-12-13-22(31)23(32)16-20/h7-16,26,35H,1-6H3/b27-25+. The summed E-state index contributed by atoms with van der Waals surface area (Å²) in [4.78, 5) is 29.8. The van der Waals surface area contributed by atoms with Crippen LogP contribution in [0.1, 0.15) is 43.5 Å². The normalized spacial score (nSPS) is 17.2. The summed E-state index contributed by atoms with van der Waals surface area (Å²) in [6.07, 6.45) is 0. The number of hydrogen-bond acceptors (Lipinski definition) is 5. The Hall–Kier alpha value is -4.20. The lowest BCUT2D eigenvalue weighted by molar-refractivity contribution is -0.132. The van der Waals surface area contributed by atoms with E-state index in [0.717, 1.165) is 28.3 Å². The van der Waals surface area contributed by atoms with Gasteiger partial charge in [-0.25, -0.2) is 8.78 Å². The average molecular weight is 521 g/mol. The van der Waals surface area contributed by atoms with Crippen LogP contribution in [0.2, 0.25) is 0 Å². The van der Waals surface area contributed by atoms with Crippen LogP contribution in [0.4, 0.5) is 20.2 Å². The van der Waals surface area contributed by atoms with E-state index in [9.17, 15) is 23.5 Å². The van der Waals surface area contributed by atoms with Gasteiger partial charge < -0.3 is 14.7 Å². The van der Waals surface area contributed by atoms with Gasteiger partial charge in [0.25, 0.3) is 11.7 Å². The van der Waals surface area contributed by atoms with Crippen molar-refractivity contribution in [1.29, 1.82) is 0 Å². The summed E-state index contributed by atoms with van der Waals surface area (Å²) >= 11 is 0. The summed E-state index contributed by atoms with van der Waals surface area (Å²) < 4.78 is 33.4. The third-order valence-corrected chi connectivity index (χ3v) is 6.67. The maximum atomic E-state index is 14.2. The Morgan fingerprint density at radius 2 is 1.61 bits per heavy atom. The van der Waals surface area contributed by atoms with Crippen molar-refractivity contribution in [1.82, 2.24) is 0 Å². The lowest BCUT2D eigenvalue weighted by atomic mass is 9.85. The van der Waals surface area contributed by atoms with Gasteiger partial charge >= 0.3 is 0 Å². The number of nitrogens with zero attached hydrogens (tertiary/aromatic N) is 2. The van der Waals surface area contributed by atoms with Crippen molar-refractivity contribution < 1.29 is 28.2 Å². The molecule has 8 heteroatoms. The van der Waals surface area contributed by atoms with Gasteiger partial charge in [-0.2, -0.15) is 0 Å².